The van der Waals surface area contributed by atoms with E-state index in [1.165, 1.54) is 7.11 Å². The molecule has 0 aromatic heterocycles. The second-order valence-corrected chi connectivity index (χ2v) is 4.99. The zero-order valence-corrected chi connectivity index (χ0v) is 10.7. The molecule has 16 heavy (non-hydrogen) atoms. The van der Waals surface area contributed by atoms with E-state index >= 15 is 0 Å². The molecule has 1 fully saturated rings. The van der Waals surface area contributed by atoms with Crippen molar-refractivity contribution in [1.82, 2.24) is 9.80 Å². The molecule has 1 saturated heterocycles. The number of piperazine rings is 1. The molecular formula is C11H23N3O2. The van der Waals surface area contributed by atoms with Crippen LogP contribution in [0, 0.1) is 0 Å². The summed E-state index contributed by atoms with van der Waals surface area (Å²) >= 11 is 0. The largest absolute Gasteiger partial charge is 0.468 e. The summed E-state index contributed by atoms with van der Waals surface area (Å²) in [6, 6.07) is 0.422. The van der Waals surface area contributed by atoms with E-state index in [1.807, 2.05) is 0 Å². The minimum Gasteiger partial charge on any atom is -0.468 e. The summed E-state index contributed by atoms with van der Waals surface area (Å²) < 4.78 is 4.71. The number of rotatable bonds is 3. The van der Waals surface area contributed by atoms with E-state index in [0.717, 1.165) is 19.6 Å². The number of hydrogen-bond acceptors (Lipinski definition) is 5. The number of esters is 1. The molecule has 0 aromatic rings. The maximum Gasteiger partial charge on any atom is 0.326 e. The summed E-state index contributed by atoms with van der Waals surface area (Å²) in [6.07, 6.45) is 0. The molecule has 2 unspecified atom stereocenters. The number of nitrogens with two attached hydrogens (primary N) is 1. The molecule has 0 spiro atoms. The molecule has 1 aliphatic heterocycles. The fourth-order valence-corrected chi connectivity index (χ4v) is 2.13. The highest BCUT2D eigenvalue weighted by atomic mass is 16.5. The Morgan fingerprint density at radius 1 is 1.56 bits per heavy atom. The van der Waals surface area contributed by atoms with Gasteiger partial charge in [0.15, 0.2) is 0 Å². The predicted molar refractivity (Wildman–Crippen MR) is 63.1 cm³/mol. The number of methoxy groups -OCH3 is 1. The van der Waals surface area contributed by atoms with Crippen LogP contribution in [0.5, 0.6) is 0 Å². The Kier molecular flexibility index (Phi) is 4.29. The number of ether oxygens (including phenoxy) is 1. The Hall–Kier alpha value is -0.650. The van der Waals surface area contributed by atoms with Crippen LogP contribution in [0.25, 0.3) is 0 Å². The minimum absolute atomic E-state index is 0.348. The van der Waals surface area contributed by atoms with Crippen molar-refractivity contribution in [3.05, 3.63) is 0 Å². The average molecular weight is 229 g/mol. The van der Waals surface area contributed by atoms with Crippen molar-refractivity contribution < 1.29 is 9.53 Å². The van der Waals surface area contributed by atoms with Gasteiger partial charge in [-0.3, -0.25) is 9.69 Å². The van der Waals surface area contributed by atoms with Crippen LogP contribution in [0.15, 0.2) is 0 Å². The van der Waals surface area contributed by atoms with Crippen LogP contribution in [0.2, 0.25) is 0 Å². The monoisotopic (exact) mass is 229 g/mol. The maximum absolute atomic E-state index is 11.5. The Labute approximate surface area is 97.5 Å². The van der Waals surface area contributed by atoms with Gasteiger partial charge in [0.25, 0.3) is 0 Å². The van der Waals surface area contributed by atoms with Crippen LogP contribution in [0.3, 0.4) is 0 Å². The zero-order valence-electron chi connectivity index (χ0n) is 10.7. The van der Waals surface area contributed by atoms with Crippen LogP contribution in [0.1, 0.15) is 13.8 Å². The lowest BCUT2D eigenvalue weighted by Gasteiger charge is -2.41. The van der Waals surface area contributed by atoms with E-state index in [0.29, 0.717) is 12.6 Å². The van der Waals surface area contributed by atoms with Gasteiger partial charge in [-0.1, -0.05) is 0 Å². The highest BCUT2D eigenvalue weighted by Crippen LogP contribution is 2.12. The first-order valence-corrected chi connectivity index (χ1v) is 5.66. The van der Waals surface area contributed by atoms with E-state index in [2.05, 4.69) is 23.8 Å². The van der Waals surface area contributed by atoms with E-state index < -0.39 is 5.54 Å². The molecule has 5 heteroatoms. The van der Waals surface area contributed by atoms with Gasteiger partial charge in [0.05, 0.1) is 7.11 Å². The lowest BCUT2D eigenvalue weighted by Crippen LogP contribution is -2.60. The quantitative estimate of drug-likeness (QED) is 0.662. The third-order valence-electron chi connectivity index (χ3n) is 3.15. The summed E-state index contributed by atoms with van der Waals surface area (Å²) in [6.45, 7) is 7.40. The highest BCUT2D eigenvalue weighted by molar-refractivity contribution is 5.80. The molecule has 1 rings (SSSR count). The Morgan fingerprint density at radius 3 is 2.69 bits per heavy atom. The van der Waals surface area contributed by atoms with Crippen molar-refractivity contribution in [3.8, 4) is 0 Å². The summed E-state index contributed by atoms with van der Waals surface area (Å²) in [5.74, 6) is -0.348. The Balaban J connectivity index is 2.56. The summed E-state index contributed by atoms with van der Waals surface area (Å²) in [5.41, 5.74) is 5.05. The first-order valence-electron chi connectivity index (χ1n) is 5.66. The summed E-state index contributed by atoms with van der Waals surface area (Å²) in [4.78, 5) is 16.0. The van der Waals surface area contributed by atoms with Crippen LogP contribution >= 0.6 is 0 Å². The van der Waals surface area contributed by atoms with Gasteiger partial charge in [-0.2, -0.15) is 0 Å². The minimum atomic E-state index is -0.918. The van der Waals surface area contributed by atoms with Crippen molar-refractivity contribution in [1.29, 1.82) is 0 Å². The Morgan fingerprint density at radius 2 is 2.19 bits per heavy atom. The van der Waals surface area contributed by atoms with E-state index in [9.17, 15) is 4.79 Å². The molecular weight excluding hydrogens is 206 g/mol. The average Bonchev–Trinajstić information content (AvgIpc) is 2.21. The third-order valence-corrected chi connectivity index (χ3v) is 3.15. The van der Waals surface area contributed by atoms with E-state index in [4.69, 9.17) is 10.5 Å². The Bertz CT molecular complexity index is 256. The van der Waals surface area contributed by atoms with Crippen molar-refractivity contribution in [2.45, 2.75) is 25.4 Å². The fraction of sp³-hybridized carbons (Fsp3) is 0.909. The molecule has 0 saturated carbocycles. The molecule has 0 amide bonds. The van der Waals surface area contributed by atoms with Gasteiger partial charge < -0.3 is 15.4 Å². The van der Waals surface area contributed by atoms with Crippen LogP contribution < -0.4 is 5.73 Å². The van der Waals surface area contributed by atoms with E-state index in [-0.39, 0.29) is 5.97 Å². The molecule has 1 aliphatic rings. The van der Waals surface area contributed by atoms with Crippen molar-refractivity contribution in [2.75, 3.05) is 40.3 Å². The van der Waals surface area contributed by atoms with Crippen LogP contribution in [0.4, 0.5) is 0 Å². The van der Waals surface area contributed by atoms with Crippen molar-refractivity contribution in [2.24, 2.45) is 5.73 Å². The van der Waals surface area contributed by atoms with Crippen molar-refractivity contribution >= 4 is 5.97 Å². The molecule has 2 atom stereocenters. The molecule has 5 nitrogen and oxygen atoms in total. The van der Waals surface area contributed by atoms with Crippen LogP contribution in [-0.4, -0.2) is 67.7 Å². The second-order valence-electron chi connectivity index (χ2n) is 4.99. The molecule has 0 aromatic carbocycles. The first kappa shape index (κ1) is 13.4. The number of carbonyl (C=O) groups is 1. The molecule has 0 bridgehead atoms. The first-order chi connectivity index (χ1) is 7.36. The number of hydrogen-bond donors (Lipinski definition) is 1. The second kappa shape index (κ2) is 5.12. The van der Waals surface area contributed by atoms with Gasteiger partial charge >= 0.3 is 5.97 Å². The van der Waals surface area contributed by atoms with E-state index in [1.54, 1.807) is 6.92 Å². The zero-order chi connectivity index (χ0) is 12.3. The molecule has 94 valence electrons. The number of likely N-dealkylation sites (N-methyl/N-ethyl adjacent to an activating group) is 1. The third kappa shape index (κ3) is 3.17. The number of carbonyl (C=O) groups excluding carboxylic acids is 1. The fourth-order valence-electron chi connectivity index (χ4n) is 2.13. The topological polar surface area (TPSA) is 58.8 Å². The smallest absolute Gasteiger partial charge is 0.326 e. The lowest BCUT2D eigenvalue weighted by molar-refractivity contribution is -0.147. The molecule has 2 N–H and O–H groups in total. The SMILES string of the molecule is COC(=O)C(C)(N)CN1CCN(C)CC1C. The highest BCUT2D eigenvalue weighted by Gasteiger charge is 2.34. The van der Waals surface area contributed by atoms with Gasteiger partial charge in [-0.25, -0.2) is 0 Å². The van der Waals surface area contributed by atoms with Crippen molar-refractivity contribution in [3.63, 3.8) is 0 Å². The van der Waals surface area contributed by atoms with Gasteiger partial charge in [0.1, 0.15) is 5.54 Å². The van der Waals surface area contributed by atoms with Gasteiger partial charge in [0.2, 0.25) is 0 Å². The van der Waals surface area contributed by atoms with Gasteiger partial charge in [0, 0.05) is 32.2 Å². The standard InChI is InChI=1S/C11H23N3O2/c1-9-7-13(3)5-6-14(9)8-11(2,12)10(15)16-4/h9H,5-8,12H2,1-4H3. The predicted octanol–water partition coefficient (Wildman–Crippen LogP) is -0.487. The maximum atomic E-state index is 11.5. The summed E-state index contributed by atoms with van der Waals surface area (Å²) in [7, 11) is 3.48. The van der Waals surface area contributed by atoms with Gasteiger partial charge in [-0.05, 0) is 20.9 Å². The lowest BCUT2D eigenvalue weighted by atomic mass is 10.0. The molecule has 0 aliphatic carbocycles. The van der Waals surface area contributed by atoms with Crippen LogP contribution in [-0.2, 0) is 9.53 Å². The molecule has 0 radical (unpaired) electrons. The molecule has 1 heterocycles. The van der Waals surface area contributed by atoms with Gasteiger partial charge in [-0.15, -0.1) is 0 Å². The number of nitrogens with zero attached hydrogens (tertiary/aromatic N) is 2. The normalized spacial score (nSPS) is 27.4. The summed E-state index contributed by atoms with van der Waals surface area (Å²) in [5, 5.41) is 0.